The second-order valence-electron chi connectivity index (χ2n) is 4.46. The summed E-state index contributed by atoms with van der Waals surface area (Å²) in [6.07, 6.45) is 0. The molecule has 6 heteroatoms. The maximum Gasteiger partial charge on any atom is 0.282 e. The van der Waals surface area contributed by atoms with Crippen molar-refractivity contribution < 1.29 is 10.1 Å². The predicted octanol–water partition coefficient (Wildman–Crippen LogP) is 3.15. The fraction of sp³-hybridized carbons (Fsp3) is 0.214. The average Bonchev–Trinajstić information content (AvgIpc) is 2.87. The zero-order chi connectivity index (χ0) is 14.5. The standard InChI is InChI=1S/C14H14Cl2N2OS/c1-9(17-8-13-3-2-4-20-13)14(19)18-12-6-10(15)5-11(16)7-12/h2-7,9,17H,8H2,1H3,(H,18,19)/p+1/t9-/m1/s1. The molecule has 1 aromatic carbocycles. The smallest absolute Gasteiger partial charge is 0.282 e. The SMILES string of the molecule is C[C@@H]([NH2+]Cc1cccs1)C(=O)Nc1cc(Cl)cc(Cl)c1. The van der Waals surface area contributed by atoms with E-state index in [0.29, 0.717) is 15.7 Å². The van der Waals surface area contributed by atoms with E-state index < -0.39 is 0 Å². The van der Waals surface area contributed by atoms with Crippen LogP contribution in [0.5, 0.6) is 0 Å². The number of quaternary nitrogens is 1. The van der Waals surface area contributed by atoms with Crippen LogP contribution < -0.4 is 10.6 Å². The number of carbonyl (C=O) groups excluding carboxylic acids is 1. The number of nitrogens with one attached hydrogen (secondary N) is 1. The third-order valence-electron chi connectivity index (χ3n) is 2.80. The van der Waals surface area contributed by atoms with Crippen LogP contribution in [0.2, 0.25) is 10.0 Å². The first-order valence-corrected chi connectivity index (χ1v) is 7.81. The first-order chi connectivity index (χ1) is 9.54. The summed E-state index contributed by atoms with van der Waals surface area (Å²) in [6, 6.07) is 8.87. The van der Waals surface area contributed by atoms with Crippen molar-refractivity contribution in [1.82, 2.24) is 0 Å². The Bertz CT molecular complexity index is 567. The second-order valence-corrected chi connectivity index (χ2v) is 6.36. The molecule has 2 aromatic rings. The van der Waals surface area contributed by atoms with Crippen LogP contribution in [0, 0.1) is 0 Å². The Balaban J connectivity index is 1.90. The molecule has 0 saturated heterocycles. The highest BCUT2D eigenvalue weighted by Gasteiger charge is 2.16. The summed E-state index contributed by atoms with van der Waals surface area (Å²) in [5.41, 5.74) is 0.615. The molecular weight excluding hydrogens is 315 g/mol. The molecule has 3 N–H and O–H groups in total. The zero-order valence-electron chi connectivity index (χ0n) is 10.9. The summed E-state index contributed by atoms with van der Waals surface area (Å²) < 4.78 is 0. The molecule has 1 heterocycles. The number of halogens is 2. The monoisotopic (exact) mass is 329 g/mol. The van der Waals surface area contributed by atoms with Crippen LogP contribution in [0.3, 0.4) is 0 Å². The average molecular weight is 330 g/mol. The molecule has 1 amide bonds. The summed E-state index contributed by atoms with van der Waals surface area (Å²) in [6.45, 7) is 2.66. The lowest BCUT2D eigenvalue weighted by Crippen LogP contribution is -2.90. The van der Waals surface area contributed by atoms with Crippen molar-refractivity contribution in [2.24, 2.45) is 0 Å². The normalized spacial score (nSPS) is 12.2. The van der Waals surface area contributed by atoms with Gasteiger partial charge < -0.3 is 10.6 Å². The lowest BCUT2D eigenvalue weighted by atomic mass is 10.2. The van der Waals surface area contributed by atoms with Gasteiger partial charge in [-0.3, -0.25) is 4.79 Å². The third-order valence-corrected chi connectivity index (χ3v) is 4.13. The molecule has 1 aromatic heterocycles. The second kappa shape index (κ2) is 7.09. The van der Waals surface area contributed by atoms with Crippen LogP contribution >= 0.6 is 34.5 Å². The van der Waals surface area contributed by atoms with Gasteiger partial charge in [0, 0.05) is 15.7 Å². The predicted molar refractivity (Wildman–Crippen MR) is 84.5 cm³/mol. The Kier molecular flexibility index (Phi) is 5.43. The van der Waals surface area contributed by atoms with Gasteiger partial charge in [-0.2, -0.15) is 0 Å². The number of amides is 1. The van der Waals surface area contributed by atoms with Crippen molar-refractivity contribution in [3.63, 3.8) is 0 Å². The maximum absolute atomic E-state index is 12.1. The summed E-state index contributed by atoms with van der Waals surface area (Å²) in [4.78, 5) is 13.3. The summed E-state index contributed by atoms with van der Waals surface area (Å²) in [5.74, 6) is -0.0695. The molecule has 2 rings (SSSR count). The van der Waals surface area contributed by atoms with Crippen molar-refractivity contribution in [1.29, 1.82) is 0 Å². The van der Waals surface area contributed by atoms with Gasteiger partial charge in [-0.15, -0.1) is 11.3 Å². The highest BCUT2D eigenvalue weighted by atomic mass is 35.5. The van der Waals surface area contributed by atoms with Crippen molar-refractivity contribution >= 4 is 46.1 Å². The third kappa shape index (κ3) is 4.49. The minimum Gasteiger partial charge on any atom is -0.332 e. The number of carbonyl (C=O) groups is 1. The van der Waals surface area contributed by atoms with Crippen molar-refractivity contribution in [2.45, 2.75) is 19.5 Å². The minimum atomic E-state index is -0.185. The van der Waals surface area contributed by atoms with Gasteiger partial charge in [0.05, 0.1) is 4.88 Å². The van der Waals surface area contributed by atoms with Crippen LogP contribution in [0.25, 0.3) is 0 Å². The van der Waals surface area contributed by atoms with E-state index in [0.717, 1.165) is 6.54 Å². The van der Waals surface area contributed by atoms with Crippen molar-refractivity contribution in [2.75, 3.05) is 5.32 Å². The van der Waals surface area contributed by atoms with E-state index in [9.17, 15) is 4.79 Å². The van der Waals surface area contributed by atoms with Crippen LogP contribution in [-0.4, -0.2) is 11.9 Å². The number of hydrogen-bond donors (Lipinski definition) is 2. The first kappa shape index (κ1) is 15.3. The van der Waals surface area contributed by atoms with Gasteiger partial charge in [-0.05, 0) is 36.6 Å². The molecule has 20 heavy (non-hydrogen) atoms. The van der Waals surface area contributed by atoms with E-state index in [1.165, 1.54) is 4.88 Å². The van der Waals surface area contributed by atoms with Crippen LogP contribution in [-0.2, 0) is 11.3 Å². The summed E-state index contributed by atoms with van der Waals surface area (Å²) in [7, 11) is 0. The van der Waals surface area contributed by atoms with Gasteiger partial charge in [0.1, 0.15) is 6.54 Å². The van der Waals surface area contributed by atoms with Gasteiger partial charge in [0.2, 0.25) is 0 Å². The fourth-order valence-corrected chi connectivity index (χ4v) is 2.92. The fourth-order valence-electron chi connectivity index (χ4n) is 1.71. The first-order valence-electron chi connectivity index (χ1n) is 6.17. The van der Waals surface area contributed by atoms with Crippen LogP contribution in [0.1, 0.15) is 11.8 Å². The molecule has 0 radical (unpaired) electrons. The molecule has 3 nitrogen and oxygen atoms in total. The largest absolute Gasteiger partial charge is 0.332 e. The number of rotatable bonds is 5. The molecule has 0 unspecified atom stereocenters. The topological polar surface area (TPSA) is 45.7 Å². The quantitative estimate of drug-likeness (QED) is 0.869. The number of hydrogen-bond acceptors (Lipinski definition) is 2. The molecule has 0 aliphatic carbocycles. The molecule has 106 valence electrons. The lowest BCUT2D eigenvalue weighted by Gasteiger charge is -2.11. The van der Waals surface area contributed by atoms with E-state index >= 15 is 0 Å². The van der Waals surface area contributed by atoms with Gasteiger partial charge in [-0.1, -0.05) is 29.3 Å². The van der Waals surface area contributed by atoms with Gasteiger partial charge in [0.15, 0.2) is 6.04 Å². The van der Waals surface area contributed by atoms with E-state index in [2.05, 4.69) is 11.4 Å². The Morgan fingerprint density at radius 3 is 2.65 bits per heavy atom. The highest BCUT2D eigenvalue weighted by Crippen LogP contribution is 2.22. The van der Waals surface area contributed by atoms with E-state index in [4.69, 9.17) is 23.2 Å². The lowest BCUT2D eigenvalue weighted by molar-refractivity contribution is -0.688. The minimum absolute atomic E-state index is 0.0695. The molecule has 0 bridgehead atoms. The van der Waals surface area contributed by atoms with Gasteiger partial charge in [0.25, 0.3) is 5.91 Å². The molecule has 0 aliphatic rings. The number of benzene rings is 1. The molecule has 0 aliphatic heterocycles. The molecule has 1 atom stereocenters. The molecule has 0 spiro atoms. The number of thiophene rings is 1. The molecule has 0 fully saturated rings. The highest BCUT2D eigenvalue weighted by molar-refractivity contribution is 7.09. The van der Waals surface area contributed by atoms with Crippen molar-refractivity contribution in [3.05, 3.63) is 50.6 Å². The Hall–Kier alpha value is -1.07. The molecule has 0 saturated carbocycles. The summed E-state index contributed by atoms with van der Waals surface area (Å²) >= 11 is 13.5. The van der Waals surface area contributed by atoms with Crippen LogP contribution in [0.15, 0.2) is 35.7 Å². The van der Waals surface area contributed by atoms with E-state index in [1.807, 2.05) is 23.7 Å². The number of nitrogens with two attached hydrogens (primary N) is 1. The van der Waals surface area contributed by atoms with Gasteiger partial charge >= 0.3 is 0 Å². The van der Waals surface area contributed by atoms with Gasteiger partial charge in [-0.25, -0.2) is 0 Å². The van der Waals surface area contributed by atoms with E-state index in [-0.39, 0.29) is 11.9 Å². The van der Waals surface area contributed by atoms with E-state index in [1.54, 1.807) is 29.5 Å². The zero-order valence-corrected chi connectivity index (χ0v) is 13.2. The maximum atomic E-state index is 12.1. The van der Waals surface area contributed by atoms with Crippen LogP contribution in [0.4, 0.5) is 5.69 Å². The Labute approximate surface area is 131 Å². The summed E-state index contributed by atoms with van der Waals surface area (Å²) in [5, 5.41) is 7.85. The van der Waals surface area contributed by atoms with Crippen molar-refractivity contribution in [3.8, 4) is 0 Å². The number of anilines is 1. The Morgan fingerprint density at radius 1 is 1.35 bits per heavy atom. The molecular formula is C14H15Cl2N2OS+. The Morgan fingerprint density at radius 2 is 2.05 bits per heavy atom.